The van der Waals surface area contributed by atoms with Gasteiger partial charge in [0.15, 0.2) is 0 Å². The van der Waals surface area contributed by atoms with Crippen molar-refractivity contribution in [2.24, 2.45) is 35.5 Å². The van der Waals surface area contributed by atoms with Crippen LogP contribution in [0.25, 0.3) is 0 Å². The van der Waals surface area contributed by atoms with Gasteiger partial charge in [0.2, 0.25) is 0 Å². The average molecular weight is 509 g/mol. The van der Waals surface area contributed by atoms with Gasteiger partial charge in [-0.3, -0.25) is 14.4 Å². The summed E-state index contributed by atoms with van der Waals surface area (Å²) in [6.07, 6.45) is 14.2. The van der Waals surface area contributed by atoms with E-state index in [1.165, 1.54) is 32.1 Å². The molecule has 0 spiro atoms. The summed E-state index contributed by atoms with van der Waals surface area (Å²) < 4.78 is 15.3. The van der Waals surface area contributed by atoms with Crippen molar-refractivity contribution in [3.8, 4) is 0 Å². The fourth-order valence-corrected chi connectivity index (χ4v) is 7.00. The van der Waals surface area contributed by atoms with Gasteiger partial charge in [0.1, 0.15) is 12.2 Å². The van der Waals surface area contributed by atoms with E-state index in [4.69, 9.17) is 14.2 Å². The Bertz CT molecular complexity index is 663. The van der Waals surface area contributed by atoms with Crippen LogP contribution in [0.3, 0.4) is 0 Å². The van der Waals surface area contributed by atoms with Crippen molar-refractivity contribution in [2.75, 3.05) is 6.61 Å². The van der Waals surface area contributed by atoms with E-state index in [0.29, 0.717) is 31.0 Å². The largest absolute Gasteiger partial charge is 0.465 e. The SMILES string of the molecule is CC.CC.CC.O=C1CC2CCCC2O1.O=C1OC2CC3CC(C2)CC1C3.O=C1OCC2CCCC12. The molecule has 4 heterocycles. The Kier molecular flexibility index (Phi) is 13.3. The number of rotatable bonds is 0. The van der Waals surface area contributed by atoms with Crippen LogP contribution in [0.5, 0.6) is 0 Å². The molecule has 0 aromatic carbocycles. The van der Waals surface area contributed by atoms with Gasteiger partial charge in [-0.15, -0.1) is 0 Å². The molecule has 36 heavy (non-hydrogen) atoms. The van der Waals surface area contributed by atoms with Gasteiger partial charge in [-0.1, -0.05) is 48.0 Å². The average Bonchev–Trinajstić information content (AvgIpc) is 3.66. The first-order valence-corrected chi connectivity index (χ1v) is 15.1. The van der Waals surface area contributed by atoms with Crippen molar-refractivity contribution in [3.05, 3.63) is 0 Å². The van der Waals surface area contributed by atoms with Crippen molar-refractivity contribution < 1.29 is 28.6 Å². The molecule has 8 rings (SSSR count). The van der Waals surface area contributed by atoms with Crippen molar-refractivity contribution in [3.63, 3.8) is 0 Å². The molecule has 4 saturated heterocycles. The highest BCUT2D eigenvalue weighted by Crippen LogP contribution is 2.46. The highest BCUT2D eigenvalue weighted by Gasteiger charge is 2.44. The monoisotopic (exact) mass is 508 g/mol. The lowest BCUT2D eigenvalue weighted by atomic mass is 9.68. The highest BCUT2D eigenvalue weighted by molar-refractivity contribution is 5.75. The van der Waals surface area contributed by atoms with Crippen LogP contribution in [-0.2, 0) is 28.6 Å². The van der Waals surface area contributed by atoms with Gasteiger partial charge in [0.05, 0.1) is 24.9 Å². The lowest BCUT2D eigenvalue weighted by molar-refractivity contribution is -0.151. The lowest BCUT2D eigenvalue weighted by Gasteiger charge is -2.35. The van der Waals surface area contributed by atoms with Crippen molar-refractivity contribution in [1.82, 2.24) is 0 Å². The first-order valence-electron chi connectivity index (χ1n) is 15.1. The first-order chi connectivity index (χ1) is 17.5. The second kappa shape index (κ2) is 15.6. The minimum Gasteiger partial charge on any atom is -0.465 e. The standard InChI is InChI=1S/C10H14O2.2C7H10O2.3C2H6/c11-10-8-2-6-1-7(3-8)5-9(4-6)12-10;8-7-6-3-1-2-5(6)4-9-7;8-7-4-5-2-1-3-6(5)9-7;3*1-2/h6-9H,1-5H2;2*5-6H,1-4H2;3*1-2H3. The number of carbonyl (C=O) groups excluding carboxylic acids is 3. The van der Waals surface area contributed by atoms with Gasteiger partial charge in [0.25, 0.3) is 0 Å². The van der Waals surface area contributed by atoms with E-state index in [0.717, 1.165) is 50.4 Å². The van der Waals surface area contributed by atoms with Crippen LogP contribution in [-0.4, -0.2) is 36.7 Å². The summed E-state index contributed by atoms with van der Waals surface area (Å²) in [7, 11) is 0. The number of carbonyl (C=O) groups is 3. The predicted molar refractivity (Wildman–Crippen MR) is 141 cm³/mol. The van der Waals surface area contributed by atoms with E-state index in [1.807, 2.05) is 41.5 Å². The predicted octanol–water partition coefficient (Wildman–Crippen LogP) is 6.88. The fourth-order valence-electron chi connectivity index (χ4n) is 7.00. The third-order valence-electron chi connectivity index (χ3n) is 8.41. The fraction of sp³-hybridized carbons (Fsp3) is 0.900. The molecule has 6 unspecified atom stereocenters. The number of esters is 3. The Balaban J connectivity index is 0.000000174. The molecular weight excluding hydrogens is 456 g/mol. The molecule has 4 aliphatic carbocycles. The Morgan fingerprint density at radius 3 is 1.86 bits per heavy atom. The molecule has 4 aliphatic heterocycles. The summed E-state index contributed by atoms with van der Waals surface area (Å²) in [5, 5.41) is 0. The van der Waals surface area contributed by atoms with E-state index in [2.05, 4.69) is 0 Å². The molecule has 6 heteroatoms. The minimum absolute atomic E-state index is 0.0182. The zero-order chi connectivity index (χ0) is 26.7. The lowest BCUT2D eigenvalue weighted by Crippen LogP contribution is -2.29. The number of cyclic esters (lactones) is 1. The van der Waals surface area contributed by atoms with Crippen molar-refractivity contribution in [1.29, 1.82) is 0 Å². The molecule has 0 aromatic rings. The Morgan fingerprint density at radius 2 is 1.25 bits per heavy atom. The van der Waals surface area contributed by atoms with Crippen LogP contribution in [0.15, 0.2) is 0 Å². The highest BCUT2D eigenvalue weighted by atomic mass is 16.6. The van der Waals surface area contributed by atoms with E-state index >= 15 is 0 Å². The molecule has 4 bridgehead atoms. The Morgan fingerprint density at radius 1 is 0.639 bits per heavy atom. The first kappa shape index (κ1) is 30.6. The number of hydrogen-bond acceptors (Lipinski definition) is 6. The van der Waals surface area contributed by atoms with Gasteiger partial charge in [0, 0.05) is 11.8 Å². The van der Waals surface area contributed by atoms with Crippen LogP contribution in [0.2, 0.25) is 0 Å². The van der Waals surface area contributed by atoms with Gasteiger partial charge >= 0.3 is 17.9 Å². The summed E-state index contributed by atoms with van der Waals surface area (Å²) in [6, 6.07) is 0. The molecule has 8 aliphatic rings. The van der Waals surface area contributed by atoms with Gasteiger partial charge in [-0.05, 0) is 76.0 Å². The second-order valence-corrected chi connectivity index (χ2v) is 10.5. The van der Waals surface area contributed by atoms with Crippen LogP contribution < -0.4 is 0 Å². The zero-order valence-corrected chi connectivity index (χ0v) is 23.8. The third kappa shape index (κ3) is 7.95. The van der Waals surface area contributed by atoms with E-state index in [1.54, 1.807) is 0 Å². The quantitative estimate of drug-likeness (QED) is 0.262. The molecule has 0 aromatic heterocycles. The maximum atomic E-state index is 11.4. The Hall–Kier alpha value is -1.59. The zero-order valence-electron chi connectivity index (χ0n) is 23.8. The molecule has 8 fully saturated rings. The van der Waals surface area contributed by atoms with Crippen LogP contribution in [0.4, 0.5) is 0 Å². The summed E-state index contributed by atoms with van der Waals surface area (Å²) in [4.78, 5) is 32.9. The summed E-state index contributed by atoms with van der Waals surface area (Å²) in [5.41, 5.74) is 0. The summed E-state index contributed by atoms with van der Waals surface area (Å²) >= 11 is 0. The smallest absolute Gasteiger partial charge is 0.309 e. The number of ether oxygens (including phenoxy) is 3. The summed E-state index contributed by atoms with van der Waals surface area (Å²) in [6.45, 7) is 12.7. The van der Waals surface area contributed by atoms with E-state index in [-0.39, 0.29) is 35.8 Å². The molecular formula is C30H52O6. The summed E-state index contributed by atoms with van der Waals surface area (Å²) in [5.74, 6) is 3.49. The van der Waals surface area contributed by atoms with Crippen molar-refractivity contribution >= 4 is 17.9 Å². The van der Waals surface area contributed by atoms with Crippen LogP contribution in [0.1, 0.15) is 119 Å². The maximum Gasteiger partial charge on any atom is 0.309 e. The molecule has 208 valence electrons. The molecule has 6 atom stereocenters. The Labute approximate surface area is 219 Å². The topological polar surface area (TPSA) is 78.9 Å². The molecule has 0 amide bonds. The number of fused-ring (bicyclic) bond motifs is 3. The molecule has 0 N–H and O–H groups in total. The van der Waals surface area contributed by atoms with Crippen LogP contribution >= 0.6 is 0 Å². The van der Waals surface area contributed by atoms with Gasteiger partial charge in [-0.2, -0.15) is 0 Å². The molecule has 4 saturated carbocycles. The molecule has 0 radical (unpaired) electrons. The minimum atomic E-state index is 0.0182. The van der Waals surface area contributed by atoms with Crippen LogP contribution in [0, 0.1) is 35.5 Å². The second-order valence-electron chi connectivity index (χ2n) is 10.5. The van der Waals surface area contributed by atoms with Gasteiger partial charge in [-0.25, -0.2) is 0 Å². The van der Waals surface area contributed by atoms with Crippen molar-refractivity contribution in [2.45, 2.75) is 131 Å². The van der Waals surface area contributed by atoms with E-state index < -0.39 is 0 Å². The number of hydrogen-bond donors (Lipinski definition) is 0. The van der Waals surface area contributed by atoms with E-state index in [9.17, 15) is 14.4 Å². The maximum absolute atomic E-state index is 11.4. The normalized spacial score (nSPS) is 37.7. The third-order valence-corrected chi connectivity index (χ3v) is 8.41. The van der Waals surface area contributed by atoms with Gasteiger partial charge < -0.3 is 14.2 Å². The molecule has 6 nitrogen and oxygen atoms in total.